The summed E-state index contributed by atoms with van der Waals surface area (Å²) in [5.41, 5.74) is 2.31. The lowest BCUT2D eigenvalue weighted by Gasteiger charge is -2.36. The molecule has 98 valence electrons. The van der Waals surface area contributed by atoms with E-state index in [1.165, 1.54) is 5.69 Å². The topological polar surface area (TPSA) is 23.6 Å². The third-order valence-corrected chi connectivity index (χ3v) is 3.92. The highest BCUT2D eigenvalue weighted by Gasteiger charge is 2.21. The van der Waals surface area contributed by atoms with Crippen LogP contribution in [-0.4, -0.2) is 37.0 Å². The first-order valence-electron chi connectivity index (χ1n) is 6.41. The molecule has 1 aliphatic heterocycles. The van der Waals surface area contributed by atoms with Crippen molar-refractivity contribution in [2.45, 2.75) is 20.3 Å². The minimum atomic E-state index is 0.248. The van der Waals surface area contributed by atoms with E-state index in [-0.39, 0.29) is 5.91 Å². The second kappa shape index (κ2) is 5.61. The van der Waals surface area contributed by atoms with Crippen LogP contribution in [0.4, 0.5) is 5.69 Å². The van der Waals surface area contributed by atoms with Crippen LogP contribution in [0.3, 0.4) is 0 Å². The summed E-state index contributed by atoms with van der Waals surface area (Å²) in [6.45, 7) is 7.33. The molecule has 0 spiro atoms. The molecular weight excluding hydrogens is 248 g/mol. The fourth-order valence-electron chi connectivity index (χ4n) is 2.36. The highest BCUT2D eigenvalue weighted by Crippen LogP contribution is 2.27. The van der Waals surface area contributed by atoms with Crippen LogP contribution in [0.25, 0.3) is 0 Å². The Hall–Kier alpha value is -1.22. The fraction of sp³-hybridized carbons (Fsp3) is 0.500. The maximum absolute atomic E-state index is 11.6. The number of carbonyl (C=O) groups is 1. The Balaban J connectivity index is 2.06. The van der Waals surface area contributed by atoms with Crippen LogP contribution in [0.5, 0.6) is 0 Å². The monoisotopic (exact) mass is 266 g/mol. The van der Waals surface area contributed by atoms with E-state index in [0.717, 1.165) is 36.8 Å². The summed E-state index contributed by atoms with van der Waals surface area (Å²) in [7, 11) is 0. The van der Waals surface area contributed by atoms with Gasteiger partial charge < -0.3 is 9.80 Å². The van der Waals surface area contributed by atoms with E-state index in [2.05, 4.69) is 11.0 Å². The van der Waals surface area contributed by atoms with Crippen molar-refractivity contribution < 1.29 is 4.79 Å². The molecule has 0 saturated carbocycles. The molecule has 0 N–H and O–H groups in total. The van der Waals surface area contributed by atoms with Crippen LogP contribution in [0.1, 0.15) is 18.9 Å². The summed E-state index contributed by atoms with van der Waals surface area (Å²) in [5.74, 6) is 0.248. The molecule has 1 amide bonds. The van der Waals surface area contributed by atoms with E-state index in [4.69, 9.17) is 11.6 Å². The second-order valence-electron chi connectivity index (χ2n) is 4.61. The van der Waals surface area contributed by atoms with Crippen molar-refractivity contribution in [3.8, 4) is 0 Å². The molecule has 4 heteroatoms. The SMILES string of the molecule is CCC(=O)N1CCN(c2cccc(Cl)c2C)CC1. The van der Waals surface area contributed by atoms with Crippen molar-refractivity contribution in [1.82, 2.24) is 4.90 Å². The molecule has 0 atom stereocenters. The maximum atomic E-state index is 11.6. The lowest BCUT2D eigenvalue weighted by molar-refractivity contribution is -0.131. The van der Waals surface area contributed by atoms with Gasteiger partial charge in [0.25, 0.3) is 0 Å². The van der Waals surface area contributed by atoms with E-state index in [1.807, 2.05) is 30.9 Å². The number of carbonyl (C=O) groups excluding carboxylic acids is 1. The first kappa shape index (κ1) is 13.2. The minimum Gasteiger partial charge on any atom is -0.368 e. The van der Waals surface area contributed by atoms with Crippen molar-refractivity contribution >= 4 is 23.2 Å². The lowest BCUT2D eigenvalue weighted by Crippen LogP contribution is -2.48. The Morgan fingerprint density at radius 2 is 1.94 bits per heavy atom. The van der Waals surface area contributed by atoms with Crippen LogP contribution in [0, 0.1) is 6.92 Å². The Kier molecular flexibility index (Phi) is 4.12. The fourth-order valence-corrected chi connectivity index (χ4v) is 2.53. The molecule has 0 aromatic heterocycles. The number of amides is 1. The molecule has 18 heavy (non-hydrogen) atoms. The van der Waals surface area contributed by atoms with Gasteiger partial charge in [0.15, 0.2) is 0 Å². The predicted octanol–water partition coefficient (Wildman–Crippen LogP) is 2.71. The zero-order valence-corrected chi connectivity index (χ0v) is 11.7. The van der Waals surface area contributed by atoms with Crippen LogP contribution in [-0.2, 0) is 4.79 Å². The van der Waals surface area contributed by atoms with Crippen LogP contribution in [0.2, 0.25) is 5.02 Å². The standard InChI is InChI=1S/C14H19ClN2O/c1-3-14(18)17-9-7-16(8-10-17)13-6-4-5-12(15)11(13)2/h4-6H,3,7-10H2,1-2H3. The molecule has 0 aliphatic carbocycles. The first-order chi connectivity index (χ1) is 8.63. The highest BCUT2D eigenvalue weighted by atomic mass is 35.5. The Labute approximate surface area is 113 Å². The second-order valence-corrected chi connectivity index (χ2v) is 5.01. The quantitative estimate of drug-likeness (QED) is 0.822. The zero-order chi connectivity index (χ0) is 13.1. The summed E-state index contributed by atoms with van der Waals surface area (Å²) in [4.78, 5) is 15.9. The number of hydrogen-bond donors (Lipinski definition) is 0. The lowest BCUT2D eigenvalue weighted by atomic mass is 10.1. The zero-order valence-electron chi connectivity index (χ0n) is 10.9. The smallest absolute Gasteiger partial charge is 0.222 e. The molecule has 1 heterocycles. The molecule has 1 aromatic carbocycles. The van der Waals surface area contributed by atoms with Crippen molar-refractivity contribution in [1.29, 1.82) is 0 Å². The molecule has 3 nitrogen and oxygen atoms in total. The van der Waals surface area contributed by atoms with Gasteiger partial charge in [0, 0.05) is 43.3 Å². The predicted molar refractivity (Wildman–Crippen MR) is 75.3 cm³/mol. The first-order valence-corrected chi connectivity index (χ1v) is 6.79. The normalized spacial score (nSPS) is 15.9. The van der Waals surface area contributed by atoms with Gasteiger partial charge in [-0.1, -0.05) is 24.6 Å². The molecule has 1 fully saturated rings. The van der Waals surface area contributed by atoms with E-state index >= 15 is 0 Å². The number of piperazine rings is 1. The van der Waals surface area contributed by atoms with Crippen molar-refractivity contribution in [2.75, 3.05) is 31.1 Å². The summed E-state index contributed by atoms with van der Waals surface area (Å²) in [6, 6.07) is 5.99. The summed E-state index contributed by atoms with van der Waals surface area (Å²) in [5, 5.41) is 0.805. The van der Waals surface area contributed by atoms with Crippen LogP contribution < -0.4 is 4.90 Å². The molecule has 0 radical (unpaired) electrons. The van der Waals surface area contributed by atoms with Gasteiger partial charge in [-0.05, 0) is 24.6 Å². The van der Waals surface area contributed by atoms with Crippen molar-refractivity contribution in [3.63, 3.8) is 0 Å². The molecule has 1 aromatic rings. The average molecular weight is 267 g/mol. The largest absolute Gasteiger partial charge is 0.368 e. The van der Waals surface area contributed by atoms with E-state index in [9.17, 15) is 4.79 Å². The Morgan fingerprint density at radius 3 is 2.56 bits per heavy atom. The summed E-state index contributed by atoms with van der Waals surface area (Å²) >= 11 is 6.14. The molecule has 1 aliphatic rings. The number of halogens is 1. The maximum Gasteiger partial charge on any atom is 0.222 e. The van der Waals surface area contributed by atoms with Gasteiger partial charge in [-0.2, -0.15) is 0 Å². The number of nitrogens with zero attached hydrogens (tertiary/aromatic N) is 2. The van der Waals surface area contributed by atoms with Crippen LogP contribution in [0.15, 0.2) is 18.2 Å². The number of benzene rings is 1. The molecule has 0 bridgehead atoms. The van der Waals surface area contributed by atoms with Gasteiger partial charge in [0.1, 0.15) is 0 Å². The van der Waals surface area contributed by atoms with E-state index < -0.39 is 0 Å². The number of rotatable bonds is 2. The minimum absolute atomic E-state index is 0.248. The third kappa shape index (κ3) is 2.61. The average Bonchev–Trinajstić information content (AvgIpc) is 2.41. The van der Waals surface area contributed by atoms with Gasteiger partial charge in [-0.15, -0.1) is 0 Å². The molecule has 2 rings (SSSR count). The Morgan fingerprint density at radius 1 is 1.28 bits per heavy atom. The summed E-state index contributed by atoms with van der Waals surface area (Å²) in [6.07, 6.45) is 0.593. The van der Waals surface area contributed by atoms with Crippen molar-refractivity contribution in [3.05, 3.63) is 28.8 Å². The van der Waals surface area contributed by atoms with Gasteiger partial charge in [-0.3, -0.25) is 4.79 Å². The number of anilines is 1. The third-order valence-electron chi connectivity index (χ3n) is 3.51. The number of hydrogen-bond acceptors (Lipinski definition) is 2. The summed E-state index contributed by atoms with van der Waals surface area (Å²) < 4.78 is 0. The van der Waals surface area contributed by atoms with Crippen LogP contribution >= 0.6 is 11.6 Å². The van der Waals surface area contributed by atoms with Gasteiger partial charge >= 0.3 is 0 Å². The Bertz CT molecular complexity index is 439. The van der Waals surface area contributed by atoms with Gasteiger partial charge in [-0.25, -0.2) is 0 Å². The van der Waals surface area contributed by atoms with Gasteiger partial charge in [0.2, 0.25) is 5.91 Å². The van der Waals surface area contributed by atoms with E-state index in [0.29, 0.717) is 6.42 Å². The molecule has 0 unspecified atom stereocenters. The van der Waals surface area contributed by atoms with Gasteiger partial charge in [0.05, 0.1) is 0 Å². The molecule has 1 saturated heterocycles. The van der Waals surface area contributed by atoms with E-state index in [1.54, 1.807) is 0 Å². The van der Waals surface area contributed by atoms with Crippen molar-refractivity contribution in [2.24, 2.45) is 0 Å². The molecular formula is C14H19ClN2O. The highest BCUT2D eigenvalue weighted by molar-refractivity contribution is 6.31.